The number of hydrogen-bond donors (Lipinski definition) is 0. The largest absolute Gasteiger partial charge is 0.342 e. The number of hydrogen-bond acceptors (Lipinski definition) is 2. The Morgan fingerprint density at radius 3 is 2.27 bits per heavy atom. The van der Waals surface area contributed by atoms with E-state index >= 15 is 0 Å². The molecular formula is C17H23BrN2O2. The molecule has 1 atom stereocenters. The SMILES string of the molecule is CC(C)C(CC(=O)N1CCN(C=O)CC1)c1ccc(Br)cc1. The van der Waals surface area contributed by atoms with Gasteiger partial charge in [-0.15, -0.1) is 0 Å². The first-order valence-corrected chi connectivity index (χ1v) is 8.53. The molecule has 0 N–H and O–H groups in total. The van der Waals surface area contributed by atoms with Crippen LogP contribution in [0.5, 0.6) is 0 Å². The van der Waals surface area contributed by atoms with E-state index in [0.717, 1.165) is 10.9 Å². The van der Waals surface area contributed by atoms with Crippen molar-refractivity contribution in [2.24, 2.45) is 5.92 Å². The van der Waals surface area contributed by atoms with E-state index in [1.165, 1.54) is 5.56 Å². The number of piperazine rings is 1. The normalized spacial score (nSPS) is 16.7. The van der Waals surface area contributed by atoms with Gasteiger partial charge in [-0.25, -0.2) is 0 Å². The zero-order valence-electron chi connectivity index (χ0n) is 13.2. The summed E-state index contributed by atoms with van der Waals surface area (Å²) < 4.78 is 1.05. The lowest BCUT2D eigenvalue weighted by Gasteiger charge is -2.34. The summed E-state index contributed by atoms with van der Waals surface area (Å²) in [6.45, 7) is 6.87. The molecule has 1 aliphatic rings. The third kappa shape index (κ3) is 4.32. The van der Waals surface area contributed by atoms with E-state index in [-0.39, 0.29) is 11.8 Å². The minimum absolute atomic E-state index is 0.187. The molecule has 0 radical (unpaired) electrons. The molecule has 0 saturated carbocycles. The predicted octanol–water partition coefficient (Wildman–Crippen LogP) is 2.88. The lowest BCUT2D eigenvalue weighted by Crippen LogP contribution is -2.48. The summed E-state index contributed by atoms with van der Waals surface area (Å²) in [4.78, 5) is 26.9. The Morgan fingerprint density at radius 1 is 1.18 bits per heavy atom. The fourth-order valence-corrected chi connectivity index (χ4v) is 3.11. The number of benzene rings is 1. The van der Waals surface area contributed by atoms with E-state index in [9.17, 15) is 9.59 Å². The Hall–Kier alpha value is -1.36. The van der Waals surface area contributed by atoms with E-state index < -0.39 is 0 Å². The fourth-order valence-electron chi connectivity index (χ4n) is 2.84. The van der Waals surface area contributed by atoms with E-state index in [4.69, 9.17) is 0 Å². The van der Waals surface area contributed by atoms with Crippen molar-refractivity contribution in [3.63, 3.8) is 0 Å². The first-order chi connectivity index (χ1) is 10.5. The highest BCUT2D eigenvalue weighted by atomic mass is 79.9. The zero-order valence-corrected chi connectivity index (χ0v) is 14.8. The summed E-state index contributed by atoms with van der Waals surface area (Å²) in [6.07, 6.45) is 1.39. The quantitative estimate of drug-likeness (QED) is 0.751. The second kappa shape index (κ2) is 7.77. The summed E-state index contributed by atoms with van der Waals surface area (Å²) in [5.41, 5.74) is 1.21. The van der Waals surface area contributed by atoms with Gasteiger partial charge in [-0.05, 0) is 29.5 Å². The molecule has 1 saturated heterocycles. The Bertz CT molecular complexity index is 508. The van der Waals surface area contributed by atoms with Crippen LogP contribution in [0.15, 0.2) is 28.7 Å². The molecule has 4 nitrogen and oxygen atoms in total. The molecule has 22 heavy (non-hydrogen) atoms. The summed E-state index contributed by atoms with van der Waals surface area (Å²) >= 11 is 3.45. The molecular weight excluding hydrogens is 344 g/mol. The van der Waals surface area contributed by atoms with Gasteiger partial charge in [0.15, 0.2) is 0 Å². The molecule has 0 aromatic heterocycles. The van der Waals surface area contributed by atoms with Gasteiger partial charge in [0.05, 0.1) is 0 Å². The highest BCUT2D eigenvalue weighted by Crippen LogP contribution is 2.29. The Morgan fingerprint density at radius 2 is 1.77 bits per heavy atom. The van der Waals surface area contributed by atoms with E-state index in [2.05, 4.69) is 41.9 Å². The van der Waals surface area contributed by atoms with Crippen LogP contribution in [0.1, 0.15) is 31.7 Å². The number of amides is 2. The smallest absolute Gasteiger partial charge is 0.223 e. The molecule has 1 unspecified atom stereocenters. The first-order valence-electron chi connectivity index (χ1n) is 7.74. The molecule has 120 valence electrons. The maximum absolute atomic E-state index is 12.6. The topological polar surface area (TPSA) is 40.6 Å². The van der Waals surface area contributed by atoms with Crippen LogP contribution in [0, 0.1) is 5.92 Å². The number of halogens is 1. The van der Waals surface area contributed by atoms with Crippen LogP contribution in [0.4, 0.5) is 0 Å². The minimum atomic E-state index is 0.187. The highest BCUT2D eigenvalue weighted by molar-refractivity contribution is 9.10. The second-order valence-corrected chi connectivity index (χ2v) is 7.04. The minimum Gasteiger partial charge on any atom is -0.342 e. The van der Waals surface area contributed by atoms with Gasteiger partial charge in [0.2, 0.25) is 12.3 Å². The summed E-state index contributed by atoms with van der Waals surface area (Å²) in [5, 5.41) is 0. The van der Waals surface area contributed by atoms with Crippen molar-refractivity contribution < 1.29 is 9.59 Å². The standard InChI is InChI=1S/C17H23BrN2O2/c1-13(2)16(14-3-5-15(18)6-4-14)11-17(22)20-9-7-19(12-21)8-10-20/h3-6,12-13,16H,7-11H2,1-2H3. The molecule has 1 fully saturated rings. The van der Waals surface area contributed by atoms with Crippen molar-refractivity contribution in [1.82, 2.24) is 9.80 Å². The Kier molecular flexibility index (Phi) is 6.00. The van der Waals surface area contributed by atoms with E-state index in [0.29, 0.717) is 38.5 Å². The molecule has 1 heterocycles. The zero-order chi connectivity index (χ0) is 16.1. The number of carbonyl (C=O) groups is 2. The van der Waals surface area contributed by atoms with Crippen LogP contribution >= 0.6 is 15.9 Å². The van der Waals surface area contributed by atoms with Gasteiger partial charge in [0.1, 0.15) is 0 Å². The predicted molar refractivity (Wildman–Crippen MR) is 90.6 cm³/mol. The number of nitrogens with zero attached hydrogens (tertiary/aromatic N) is 2. The van der Waals surface area contributed by atoms with Crippen LogP contribution in [-0.4, -0.2) is 48.3 Å². The van der Waals surface area contributed by atoms with Crippen molar-refractivity contribution in [3.05, 3.63) is 34.3 Å². The fraction of sp³-hybridized carbons (Fsp3) is 0.529. The lowest BCUT2D eigenvalue weighted by atomic mass is 9.85. The van der Waals surface area contributed by atoms with Crippen LogP contribution in [-0.2, 0) is 9.59 Å². The first kappa shape index (κ1) is 17.0. The van der Waals surface area contributed by atoms with Crippen LogP contribution < -0.4 is 0 Å². The molecule has 1 aromatic carbocycles. The molecule has 2 rings (SSSR count). The third-order valence-electron chi connectivity index (χ3n) is 4.31. The molecule has 5 heteroatoms. The molecule has 0 bridgehead atoms. The average Bonchev–Trinajstić information content (AvgIpc) is 2.53. The molecule has 2 amide bonds. The number of carbonyl (C=O) groups excluding carboxylic acids is 2. The van der Waals surface area contributed by atoms with Crippen molar-refractivity contribution in [2.45, 2.75) is 26.2 Å². The second-order valence-electron chi connectivity index (χ2n) is 6.13. The monoisotopic (exact) mass is 366 g/mol. The highest BCUT2D eigenvalue weighted by Gasteiger charge is 2.25. The van der Waals surface area contributed by atoms with Gasteiger partial charge < -0.3 is 9.80 Å². The van der Waals surface area contributed by atoms with Crippen LogP contribution in [0.25, 0.3) is 0 Å². The Labute approximate surface area is 140 Å². The van der Waals surface area contributed by atoms with Gasteiger partial charge in [0, 0.05) is 37.1 Å². The third-order valence-corrected chi connectivity index (χ3v) is 4.84. The average molecular weight is 367 g/mol. The number of rotatable bonds is 5. The van der Waals surface area contributed by atoms with Gasteiger partial charge in [-0.2, -0.15) is 0 Å². The van der Waals surface area contributed by atoms with Crippen molar-refractivity contribution >= 4 is 28.2 Å². The van der Waals surface area contributed by atoms with Gasteiger partial charge >= 0.3 is 0 Å². The van der Waals surface area contributed by atoms with Gasteiger partial charge in [0.25, 0.3) is 0 Å². The maximum atomic E-state index is 12.6. The van der Waals surface area contributed by atoms with E-state index in [1.807, 2.05) is 17.0 Å². The Balaban J connectivity index is 2.00. The molecule has 1 aliphatic heterocycles. The molecule has 0 aliphatic carbocycles. The summed E-state index contributed by atoms with van der Waals surface area (Å²) in [6, 6.07) is 8.23. The van der Waals surface area contributed by atoms with Crippen molar-refractivity contribution in [3.8, 4) is 0 Å². The van der Waals surface area contributed by atoms with Crippen LogP contribution in [0.2, 0.25) is 0 Å². The van der Waals surface area contributed by atoms with Crippen molar-refractivity contribution in [2.75, 3.05) is 26.2 Å². The molecule has 0 spiro atoms. The molecule has 1 aromatic rings. The maximum Gasteiger partial charge on any atom is 0.223 e. The summed E-state index contributed by atoms with van der Waals surface area (Å²) in [7, 11) is 0. The van der Waals surface area contributed by atoms with Crippen LogP contribution in [0.3, 0.4) is 0 Å². The summed E-state index contributed by atoms with van der Waals surface area (Å²) in [5.74, 6) is 0.818. The lowest BCUT2D eigenvalue weighted by molar-refractivity contribution is -0.135. The van der Waals surface area contributed by atoms with Gasteiger partial charge in [-0.3, -0.25) is 9.59 Å². The van der Waals surface area contributed by atoms with Gasteiger partial charge in [-0.1, -0.05) is 41.9 Å². The van der Waals surface area contributed by atoms with E-state index in [1.54, 1.807) is 4.90 Å². The van der Waals surface area contributed by atoms with Crippen molar-refractivity contribution in [1.29, 1.82) is 0 Å².